The molecule has 2 aliphatic rings. The van der Waals surface area contributed by atoms with Crippen molar-refractivity contribution in [2.45, 2.75) is 5.92 Å². The molecular formula is C19H22N6O4. The van der Waals surface area contributed by atoms with Crippen LogP contribution in [0.25, 0.3) is 0 Å². The van der Waals surface area contributed by atoms with E-state index in [-0.39, 0.29) is 11.7 Å². The molecule has 2 saturated heterocycles. The van der Waals surface area contributed by atoms with Crippen LogP contribution in [0.4, 0.5) is 9.59 Å². The van der Waals surface area contributed by atoms with Gasteiger partial charge in [-0.15, -0.1) is 0 Å². The van der Waals surface area contributed by atoms with E-state index in [1.54, 1.807) is 30.3 Å². The van der Waals surface area contributed by atoms with Crippen LogP contribution < -0.4 is 0 Å². The summed E-state index contributed by atoms with van der Waals surface area (Å²) in [7, 11) is 5.41. The Morgan fingerprint density at radius 2 is 1.07 bits per heavy atom. The molecule has 1 aromatic rings. The molecule has 10 nitrogen and oxygen atoms in total. The first-order valence-corrected chi connectivity index (χ1v) is 8.91. The zero-order chi connectivity index (χ0) is 21.6. The minimum absolute atomic E-state index is 0.255. The van der Waals surface area contributed by atoms with E-state index in [2.05, 4.69) is 0 Å². The second kappa shape index (κ2) is 7.12. The van der Waals surface area contributed by atoms with Gasteiger partial charge in [0.15, 0.2) is 0 Å². The number of hydrogen-bond donors (Lipinski definition) is 2. The predicted molar refractivity (Wildman–Crippen MR) is 103 cm³/mol. The van der Waals surface area contributed by atoms with Gasteiger partial charge in [-0.1, -0.05) is 30.3 Å². The highest BCUT2D eigenvalue weighted by atomic mass is 16.2. The van der Waals surface area contributed by atoms with Crippen molar-refractivity contribution < 1.29 is 19.2 Å². The third-order valence-electron chi connectivity index (χ3n) is 5.56. The molecule has 6 amide bonds. The smallest absolute Gasteiger partial charge is 0.287 e. The van der Waals surface area contributed by atoms with Gasteiger partial charge in [-0.05, 0) is 5.56 Å². The van der Waals surface area contributed by atoms with Crippen molar-refractivity contribution in [3.63, 3.8) is 0 Å². The van der Waals surface area contributed by atoms with E-state index in [1.165, 1.54) is 28.2 Å². The van der Waals surface area contributed by atoms with Crippen LogP contribution in [-0.4, -0.2) is 83.3 Å². The van der Waals surface area contributed by atoms with E-state index in [0.29, 0.717) is 5.56 Å². The molecule has 0 aliphatic carbocycles. The molecule has 0 bridgehead atoms. The number of hydrogen-bond acceptors (Lipinski definition) is 6. The van der Waals surface area contributed by atoms with Crippen molar-refractivity contribution in [2.24, 2.45) is 11.8 Å². The van der Waals surface area contributed by atoms with Crippen LogP contribution in [0.3, 0.4) is 0 Å². The van der Waals surface area contributed by atoms with Crippen LogP contribution in [0.2, 0.25) is 0 Å². The van der Waals surface area contributed by atoms with Crippen LogP contribution in [0.5, 0.6) is 0 Å². The molecule has 0 aromatic heterocycles. The van der Waals surface area contributed by atoms with Crippen molar-refractivity contribution >= 4 is 35.5 Å². The van der Waals surface area contributed by atoms with Gasteiger partial charge in [0.25, 0.3) is 0 Å². The number of amidine groups is 2. The van der Waals surface area contributed by atoms with Gasteiger partial charge in [-0.3, -0.25) is 40.0 Å². The zero-order valence-electron chi connectivity index (χ0n) is 16.5. The van der Waals surface area contributed by atoms with Crippen molar-refractivity contribution in [1.29, 1.82) is 10.8 Å². The third-order valence-corrected chi connectivity index (χ3v) is 5.56. The van der Waals surface area contributed by atoms with E-state index < -0.39 is 41.6 Å². The third kappa shape index (κ3) is 2.96. The quantitative estimate of drug-likeness (QED) is 0.787. The summed E-state index contributed by atoms with van der Waals surface area (Å²) in [5.41, 5.74) is 0.561. The highest BCUT2D eigenvalue weighted by molar-refractivity contribution is 6.20. The largest absolute Gasteiger partial charge is 0.331 e. The average Bonchev–Trinajstić information content (AvgIpc) is 2.73. The Morgan fingerprint density at radius 3 is 1.45 bits per heavy atom. The highest BCUT2D eigenvalue weighted by Gasteiger charge is 2.53. The Hall–Kier alpha value is -3.56. The monoisotopic (exact) mass is 398 g/mol. The summed E-state index contributed by atoms with van der Waals surface area (Å²) in [5, 5.41) is 16.9. The number of urea groups is 2. The number of benzene rings is 1. The van der Waals surface area contributed by atoms with E-state index >= 15 is 0 Å². The van der Waals surface area contributed by atoms with E-state index in [9.17, 15) is 19.2 Å². The van der Waals surface area contributed by atoms with Gasteiger partial charge < -0.3 is 0 Å². The number of carbonyl (C=O) groups excluding carboxylic acids is 4. The topological polar surface area (TPSA) is 129 Å². The molecule has 2 aliphatic heterocycles. The first-order chi connectivity index (χ1) is 13.6. The van der Waals surface area contributed by atoms with Gasteiger partial charge in [-0.25, -0.2) is 9.59 Å². The van der Waals surface area contributed by atoms with E-state index in [1.807, 2.05) is 0 Å². The van der Waals surface area contributed by atoms with Crippen LogP contribution in [0.1, 0.15) is 11.5 Å². The normalized spacial score (nSPS) is 24.6. The minimum atomic E-state index is -1.17. The SMILES string of the molecule is CN1C(=N)C(C(c2ccccc2)C2C(=N)N(C)C(=O)N(C)C2=O)C(=O)N(C)C1=O. The lowest BCUT2D eigenvalue weighted by molar-refractivity contribution is -0.134. The maximum Gasteiger partial charge on any atom is 0.331 e. The number of rotatable bonds is 3. The molecule has 10 heteroatoms. The van der Waals surface area contributed by atoms with Gasteiger partial charge in [-0.2, -0.15) is 0 Å². The van der Waals surface area contributed by atoms with Crippen molar-refractivity contribution in [3.05, 3.63) is 35.9 Å². The van der Waals surface area contributed by atoms with Crippen LogP contribution in [0.15, 0.2) is 30.3 Å². The molecule has 2 heterocycles. The maximum atomic E-state index is 13.1. The summed E-state index contributed by atoms with van der Waals surface area (Å²) in [6.45, 7) is 0. The van der Waals surface area contributed by atoms with E-state index in [4.69, 9.17) is 10.8 Å². The number of carbonyl (C=O) groups is 4. The van der Waals surface area contributed by atoms with Crippen LogP contribution in [0, 0.1) is 22.7 Å². The molecule has 29 heavy (non-hydrogen) atoms. The molecular weight excluding hydrogens is 376 g/mol. The molecule has 3 rings (SSSR count). The molecule has 2 unspecified atom stereocenters. The second-order valence-electron chi connectivity index (χ2n) is 7.14. The fourth-order valence-electron chi connectivity index (χ4n) is 3.81. The fourth-order valence-corrected chi connectivity index (χ4v) is 3.81. The van der Waals surface area contributed by atoms with Crippen molar-refractivity contribution in [2.75, 3.05) is 28.2 Å². The summed E-state index contributed by atoms with van der Waals surface area (Å²) in [6, 6.07) is 7.36. The van der Waals surface area contributed by atoms with Gasteiger partial charge in [0.05, 0.1) is 0 Å². The molecule has 0 saturated carbocycles. The van der Waals surface area contributed by atoms with Crippen molar-refractivity contribution in [3.8, 4) is 0 Å². The first kappa shape index (κ1) is 20.2. The first-order valence-electron chi connectivity index (χ1n) is 8.91. The van der Waals surface area contributed by atoms with Crippen molar-refractivity contribution in [1.82, 2.24) is 19.6 Å². The number of imide groups is 2. The predicted octanol–water partition coefficient (Wildman–Crippen LogP) is 1.00. The van der Waals surface area contributed by atoms with Gasteiger partial charge in [0, 0.05) is 34.1 Å². The van der Waals surface area contributed by atoms with Crippen LogP contribution in [-0.2, 0) is 9.59 Å². The summed E-state index contributed by atoms with van der Waals surface area (Å²) in [4.78, 5) is 54.5. The Balaban J connectivity index is 2.19. The molecule has 0 radical (unpaired) electrons. The lowest BCUT2D eigenvalue weighted by Crippen LogP contribution is -2.63. The minimum Gasteiger partial charge on any atom is -0.287 e. The Morgan fingerprint density at radius 1 is 0.690 bits per heavy atom. The Bertz CT molecular complexity index is 826. The maximum absolute atomic E-state index is 13.1. The summed E-state index contributed by atoms with van der Waals surface area (Å²) >= 11 is 0. The molecule has 2 atom stereocenters. The summed E-state index contributed by atoms with van der Waals surface area (Å²) in [5.74, 6) is -5.05. The lowest BCUT2D eigenvalue weighted by atomic mass is 9.72. The second-order valence-corrected chi connectivity index (χ2v) is 7.14. The number of amides is 6. The Labute approximate surface area is 167 Å². The highest BCUT2D eigenvalue weighted by Crippen LogP contribution is 2.39. The zero-order valence-corrected chi connectivity index (χ0v) is 16.5. The molecule has 0 spiro atoms. The molecule has 1 aromatic carbocycles. The lowest BCUT2D eigenvalue weighted by Gasteiger charge is -2.44. The standard InChI is InChI=1S/C19H22N6O4/c1-22-14(20)12(16(26)24(3)18(22)28)11(10-8-6-5-7-9-10)13-15(21)23(2)19(29)25(4)17(13)27/h5-9,11-13,20-21H,1-4H3. The molecule has 2 N–H and O–H groups in total. The van der Waals surface area contributed by atoms with Gasteiger partial charge >= 0.3 is 12.1 Å². The summed E-state index contributed by atoms with van der Waals surface area (Å²) in [6.07, 6.45) is 0. The summed E-state index contributed by atoms with van der Waals surface area (Å²) < 4.78 is 0. The average molecular weight is 398 g/mol. The fraction of sp³-hybridized carbons (Fsp3) is 0.368. The van der Waals surface area contributed by atoms with E-state index in [0.717, 1.165) is 19.6 Å². The molecule has 152 valence electrons. The van der Waals surface area contributed by atoms with Gasteiger partial charge in [0.1, 0.15) is 23.5 Å². The number of nitrogens with one attached hydrogen (secondary N) is 2. The van der Waals surface area contributed by atoms with Crippen LogP contribution >= 0.6 is 0 Å². The van der Waals surface area contributed by atoms with Gasteiger partial charge in [0.2, 0.25) is 11.8 Å². The Kier molecular flexibility index (Phi) is 4.95. The molecule has 2 fully saturated rings. The number of nitrogens with zero attached hydrogens (tertiary/aromatic N) is 4.